The highest BCUT2D eigenvalue weighted by atomic mass is 79.9. The zero-order valence-electron chi connectivity index (χ0n) is 11.2. The minimum absolute atomic E-state index is 0.596. The molecular weight excluding hydrogens is 306 g/mol. The predicted octanol–water partition coefficient (Wildman–Crippen LogP) is 2.80. The van der Waals surface area contributed by atoms with E-state index >= 15 is 0 Å². The number of hydrogen-bond acceptors (Lipinski definition) is 5. The Balaban J connectivity index is 2.46. The van der Waals surface area contributed by atoms with Crippen molar-refractivity contribution in [2.24, 2.45) is 0 Å². The first kappa shape index (κ1) is 13.7. The topological polar surface area (TPSA) is 53.9 Å². The number of benzene rings is 1. The second-order valence-corrected chi connectivity index (χ2v) is 5.13. The van der Waals surface area contributed by atoms with Gasteiger partial charge in [0.1, 0.15) is 0 Å². The molecule has 0 saturated heterocycles. The lowest BCUT2D eigenvalue weighted by Gasteiger charge is -2.13. The molecule has 0 unspecified atom stereocenters. The molecule has 0 aliphatic rings. The van der Waals surface area contributed by atoms with Crippen LogP contribution >= 0.6 is 15.9 Å². The van der Waals surface area contributed by atoms with E-state index in [1.807, 2.05) is 50.2 Å². The van der Waals surface area contributed by atoms with Crippen LogP contribution in [-0.4, -0.2) is 35.6 Å². The average Bonchev–Trinajstić information content (AvgIpc) is 2.39. The lowest BCUT2D eigenvalue weighted by molar-refractivity contribution is 0.953. The smallest absolute Gasteiger partial charge is 0.230 e. The zero-order chi connectivity index (χ0) is 13.8. The van der Waals surface area contributed by atoms with E-state index < -0.39 is 0 Å². The van der Waals surface area contributed by atoms with E-state index in [9.17, 15) is 0 Å². The molecule has 1 aromatic carbocycles. The largest absolute Gasteiger partial charge is 0.354 e. The summed E-state index contributed by atoms with van der Waals surface area (Å²) in [4.78, 5) is 15.1. The predicted molar refractivity (Wildman–Crippen MR) is 81.5 cm³/mol. The summed E-state index contributed by atoms with van der Waals surface area (Å²) in [5.41, 5.74) is 0.966. The first-order valence-electron chi connectivity index (χ1n) is 6.03. The van der Waals surface area contributed by atoms with Crippen LogP contribution in [0, 0.1) is 0 Å². The molecule has 100 valence electrons. The molecule has 2 rings (SSSR count). The molecule has 6 heteroatoms. The van der Waals surface area contributed by atoms with Gasteiger partial charge in [0, 0.05) is 30.7 Å². The van der Waals surface area contributed by atoms with Gasteiger partial charge in [0.2, 0.25) is 11.9 Å². The Hall–Kier alpha value is -1.69. The standard InChI is InChI=1S/C13H16BrN5/c1-4-15-12-16-11(17-13(18-12)19(2)3)9-5-7-10(14)8-6-9/h5-8H,4H2,1-3H3,(H,15,16,17,18). The molecule has 0 aliphatic carbocycles. The minimum atomic E-state index is 0.596. The zero-order valence-corrected chi connectivity index (χ0v) is 12.8. The summed E-state index contributed by atoms with van der Waals surface area (Å²) in [7, 11) is 3.83. The van der Waals surface area contributed by atoms with Gasteiger partial charge in [-0.2, -0.15) is 15.0 Å². The summed E-state index contributed by atoms with van der Waals surface area (Å²) in [6.07, 6.45) is 0. The van der Waals surface area contributed by atoms with Crippen molar-refractivity contribution in [2.75, 3.05) is 30.9 Å². The van der Waals surface area contributed by atoms with Gasteiger partial charge in [0.15, 0.2) is 5.82 Å². The molecule has 2 aromatic rings. The Morgan fingerprint density at radius 3 is 2.37 bits per heavy atom. The van der Waals surface area contributed by atoms with E-state index in [0.29, 0.717) is 17.7 Å². The molecule has 0 aliphatic heterocycles. The fourth-order valence-electron chi connectivity index (χ4n) is 1.53. The van der Waals surface area contributed by atoms with Gasteiger partial charge in [-0.25, -0.2) is 0 Å². The van der Waals surface area contributed by atoms with Crippen molar-refractivity contribution in [2.45, 2.75) is 6.92 Å². The summed E-state index contributed by atoms with van der Waals surface area (Å²) in [5, 5.41) is 3.13. The SMILES string of the molecule is CCNc1nc(-c2ccc(Br)cc2)nc(N(C)C)n1. The van der Waals surface area contributed by atoms with Gasteiger partial charge < -0.3 is 10.2 Å². The highest BCUT2D eigenvalue weighted by Crippen LogP contribution is 2.21. The number of nitrogens with one attached hydrogen (secondary N) is 1. The fraction of sp³-hybridized carbons (Fsp3) is 0.308. The molecular formula is C13H16BrN5. The van der Waals surface area contributed by atoms with Crippen molar-refractivity contribution in [3.63, 3.8) is 0 Å². The first-order valence-corrected chi connectivity index (χ1v) is 6.82. The first-order chi connectivity index (χ1) is 9.10. The maximum Gasteiger partial charge on any atom is 0.230 e. The summed E-state index contributed by atoms with van der Waals surface area (Å²) >= 11 is 3.42. The van der Waals surface area contributed by atoms with Gasteiger partial charge in [-0.1, -0.05) is 28.1 Å². The molecule has 0 spiro atoms. The van der Waals surface area contributed by atoms with Gasteiger partial charge >= 0.3 is 0 Å². The van der Waals surface area contributed by atoms with E-state index in [1.165, 1.54) is 0 Å². The summed E-state index contributed by atoms with van der Waals surface area (Å²) in [5.74, 6) is 1.91. The van der Waals surface area contributed by atoms with Crippen molar-refractivity contribution in [3.8, 4) is 11.4 Å². The Bertz CT molecular complexity index is 553. The van der Waals surface area contributed by atoms with E-state index in [0.717, 1.165) is 16.6 Å². The number of rotatable bonds is 4. The number of hydrogen-bond donors (Lipinski definition) is 1. The second-order valence-electron chi connectivity index (χ2n) is 4.21. The number of anilines is 2. The molecule has 1 heterocycles. The monoisotopic (exact) mass is 321 g/mol. The van der Waals surface area contributed by atoms with Gasteiger partial charge in [-0.3, -0.25) is 0 Å². The van der Waals surface area contributed by atoms with Crippen molar-refractivity contribution < 1.29 is 0 Å². The molecule has 0 atom stereocenters. The summed E-state index contributed by atoms with van der Waals surface area (Å²) in [6, 6.07) is 7.91. The number of halogens is 1. The van der Waals surface area contributed by atoms with Crippen molar-refractivity contribution in [1.82, 2.24) is 15.0 Å². The molecule has 0 fully saturated rings. The van der Waals surface area contributed by atoms with Crippen LogP contribution in [0.3, 0.4) is 0 Å². The summed E-state index contributed by atoms with van der Waals surface area (Å²) < 4.78 is 1.03. The highest BCUT2D eigenvalue weighted by Gasteiger charge is 2.09. The lowest BCUT2D eigenvalue weighted by atomic mass is 10.2. The van der Waals surface area contributed by atoms with Crippen LogP contribution in [0.4, 0.5) is 11.9 Å². The third-order valence-corrected chi connectivity index (χ3v) is 2.99. The number of nitrogens with zero attached hydrogens (tertiary/aromatic N) is 4. The van der Waals surface area contributed by atoms with E-state index in [1.54, 1.807) is 0 Å². The maximum absolute atomic E-state index is 4.46. The molecule has 0 amide bonds. The maximum atomic E-state index is 4.46. The average molecular weight is 322 g/mol. The van der Waals surface area contributed by atoms with Crippen LogP contribution in [0.5, 0.6) is 0 Å². The molecule has 0 saturated carbocycles. The molecule has 5 nitrogen and oxygen atoms in total. The van der Waals surface area contributed by atoms with Gasteiger partial charge in [0.25, 0.3) is 0 Å². The van der Waals surface area contributed by atoms with Crippen LogP contribution in [-0.2, 0) is 0 Å². The molecule has 0 bridgehead atoms. The van der Waals surface area contributed by atoms with E-state index in [-0.39, 0.29) is 0 Å². The molecule has 19 heavy (non-hydrogen) atoms. The number of aromatic nitrogens is 3. The normalized spacial score (nSPS) is 10.3. The minimum Gasteiger partial charge on any atom is -0.354 e. The van der Waals surface area contributed by atoms with Crippen molar-refractivity contribution in [3.05, 3.63) is 28.7 Å². The molecule has 0 radical (unpaired) electrons. The Kier molecular flexibility index (Phi) is 4.31. The molecule has 1 N–H and O–H groups in total. The highest BCUT2D eigenvalue weighted by molar-refractivity contribution is 9.10. The van der Waals surface area contributed by atoms with E-state index in [4.69, 9.17) is 0 Å². The quantitative estimate of drug-likeness (QED) is 0.938. The fourth-order valence-corrected chi connectivity index (χ4v) is 1.79. The Morgan fingerprint density at radius 1 is 1.11 bits per heavy atom. The van der Waals surface area contributed by atoms with Crippen LogP contribution < -0.4 is 10.2 Å². The van der Waals surface area contributed by atoms with Crippen molar-refractivity contribution in [1.29, 1.82) is 0 Å². The third kappa shape index (κ3) is 3.41. The van der Waals surface area contributed by atoms with Crippen LogP contribution in [0.15, 0.2) is 28.7 Å². The third-order valence-electron chi connectivity index (χ3n) is 2.46. The van der Waals surface area contributed by atoms with Gasteiger partial charge in [-0.15, -0.1) is 0 Å². The van der Waals surface area contributed by atoms with Crippen molar-refractivity contribution >= 4 is 27.8 Å². The Morgan fingerprint density at radius 2 is 1.79 bits per heavy atom. The lowest BCUT2D eigenvalue weighted by Crippen LogP contribution is -2.15. The molecule has 1 aromatic heterocycles. The van der Waals surface area contributed by atoms with Crippen LogP contribution in [0.1, 0.15) is 6.92 Å². The second kappa shape index (κ2) is 5.97. The van der Waals surface area contributed by atoms with Gasteiger partial charge in [0.05, 0.1) is 0 Å². The van der Waals surface area contributed by atoms with Crippen LogP contribution in [0.2, 0.25) is 0 Å². The van der Waals surface area contributed by atoms with Crippen LogP contribution in [0.25, 0.3) is 11.4 Å². The summed E-state index contributed by atoms with van der Waals surface area (Å²) in [6.45, 7) is 2.79. The Labute approximate surface area is 121 Å². The van der Waals surface area contributed by atoms with E-state index in [2.05, 4.69) is 36.2 Å². The van der Waals surface area contributed by atoms with Gasteiger partial charge in [-0.05, 0) is 19.1 Å².